The smallest absolute Gasteiger partial charge is 0.237 e. The van der Waals surface area contributed by atoms with E-state index in [4.69, 9.17) is 5.73 Å². The van der Waals surface area contributed by atoms with Crippen LogP contribution < -0.4 is 10.6 Å². The molecule has 1 aromatic carbocycles. The summed E-state index contributed by atoms with van der Waals surface area (Å²) >= 11 is 0. The van der Waals surface area contributed by atoms with Crippen molar-refractivity contribution in [3.63, 3.8) is 0 Å². The van der Waals surface area contributed by atoms with Gasteiger partial charge in [0, 0.05) is 6.54 Å². The molecule has 5 heteroatoms. The number of rotatable bonds is 2. The number of nitrogens with two attached hydrogens (primary N) is 1. The third-order valence-electron chi connectivity index (χ3n) is 4.09. The Morgan fingerprint density at radius 3 is 2.42 bits per heavy atom. The van der Waals surface area contributed by atoms with E-state index in [0.29, 0.717) is 11.3 Å². The lowest BCUT2D eigenvalue weighted by atomic mass is 10.00. The van der Waals surface area contributed by atoms with Crippen molar-refractivity contribution in [3.8, 4) is 0 Å². The summed E-state index contributed by atoms with van der Waals surface area (Å²) in [4.78, 5) is 25.8. The van der Waals surface area contributed by atoms with E-state index in [1.54, 1.807) is 0 Å². The number of halogens is 1. The van der Waals surface area contributed by atoms with Gasteiger partial charge < -0.3 is 5.73 Å². The Kier molecular flexibility index (Phi) is 2.86. The fourth-order valence-corrected chi connectivity index (χ4v) is 3.16. The Morgan fingerprint density at radius 1 is 1.21 bits per heavy atom. The monoisotopic (exact) mass is 262 g/mol. The van der Waals surface area contributed by atoms with Gasteiger partial charge in [-0.05, 0) is 36.6 Å². The zero-order valence-electron chi connectivity index (χ0n) is 10.4. The van der Waals surface area contributed by atoms with Gasteiger partial charge in [-0.3, -0.25) is 9.59 Å². The maximum absolute atomic E-state index is 13.2. The first-order chi connectivity index (χ1) is 9.13. The molecular formula is C14H15FN2O2. The highest BCUT2D eigenvalue weighted by Gasteiger charge is 2.50. The fraction of sp³-hybridized carbons (Fsp3) is 0.429. The second-order valence-electron chi connectivity index (χ2n) is 5.13. The van der Waals surface area contributed by atoms with Crippen molar-refractivity contribution in [2.45, 2.75) is 25.8 Å². The van der Waals surface area contributed by atoms with E-state index in [9.17, 15) is 14.0 Å². The molecule has 19 heavy (non-hydrogen) atoms. The highest BCUT2D eigenvalue weighted by molar-refractivity contribution is 6.22. The minimum atomic E-state index is -0.413. The Morgan fingerprint density at radius 2 is 1.84 bits per heavy atom. The molecule has 0 aromatic heterocycles. The van der Waals surface area contributed by atoms with Gasteiger partial charge in [0.25, 0.3) is 0 Å². The molecule has 0 spiro atoms. The lowest BCUT2D eigenvalue weighted by Crippen LogP contribution is -2.32. The number of hydrogen-bond donors (Lipinski definition) is 1. The maximum Gasteiger partial charge on any atom is 0.237 e. The minimum absolute atomic E-state index is 0.0967. The molecule has 100 valence electrons. The van der Waals surface area contributed by atoms with Crippen LogP contribution in [0, 0.1) is 17.7 Å². The molecule has 1 aliphatic heterocycles. The van der Waals surface area contributed by atoms with Crippen LogP contribution in [0.5, 0.6) is 0 Å². The van der Waals surface area contributed by atoms with Gasteiger partial charge in [0.05, 0.1) is 17.5 Å². The first-order valence-corrected chi connectivity index (χ1v) is 6.50. The van der Waals surface area contributed by atoms with Gasteiger partial charge in [-0.25, -0.2) is 9.29 Å². The first-order valence-electron chi connectivity index (χ1n) is 6.50. The lowest BCUT2D eigenvalue weighted by Gasteiger charge is -2.19. The van der Waals surface area contributed by atoms with Crippen LogP contribution in [0.25, 0.3) is 0 Å². The van der Waals surface area contributed by atoms with E-state index in [2.05, 4.69) is 0 Å². The Balaban J connectivity index is 2.03. The van der Waals surface area contributed by atoms with E-state index in [1.807, 2.05) is 0 Å². The number of fused-ring (bicyclic) bond motifs is 1. The Labute approximate surface area is 110 Å². The number of anilines is 1. The van der Waals surface area contributed by atoms with E-state index in [-0.39, 0.29) is 30.2 Å². The Hall–Kier alpha value is -1.75. The highest BCUT2D eigenvalue weighted by atomic mass is 19.1. The highest BCUT2D eigenvalue weighted by Crippen LogP contribution is 2.42. The molecule has 1 aromatic rings. The lowest BCUT2D eigenvalue weighted by molar-refractivity contribution is -0.122. The van der Waals surface area contributed by atoms with Crippen LogP contribution in [0.1, 0.15) is 24.8 Å². The van der Waals surface area contributed by atoms with Crippen molar-refractivity contribution in [1.82, 2.24) is 0 Å². The fourth-order valence-electron chi connectivity index (χ4n) is 3.16. The van der Waals surface area contributed by atoms with E-state index >= 15 is 0 Å². The molecule has 2 fully saturated rings. The summed E-state index contributed by atoms with van der Waals surface area (Å²) < 4.78 is 13.2. The number of carbonyl (C=O) groups is 2. The van der Waals surface area contributed by atoms with E-state index in [0.717, 1.165) is 19.3 Å². The SMILES string of the molecule is NCc1cc(F)ccc1N1C(=O)C2CCCC2C1=O. The molecule has 1 heterocycles. The average Bonchev–Trinajstić information content (AvgIpc) is 2.96. The molecule has 2 aliphatic rings. The van der Waals surface area contributed by atoms with Gasteiger partial charge in [-0.1, -0.05) is 6.42 Å². The second-order valence-corrected chi connectivity index (χ2v) is 5.13. The quantitative estimate of drug-likeness (QED) is 0.823. The van der Waals surface area contributed by atoms with Crippen molar-refractivity contribution in [2.24, 2.45) is 17.6 Å². The summed E-state index contributed by atoms with van der Waals surface area (Å²) in [7, 11) is 0. The third kappa shape index (κ3) is 1.76. The molecule has 2 amide bonds. The number of hydrogen-bond acceptors (Lipinski definition) is 3. The van der Waals surface area contributed by atoms with E-state index in [1.165, 1.54) is 23.1 Å². The molecule has 1 aliphatic carbocycles. The molecule has 1 saturated heterocycles. The average molecular weight is 262 g/mol. The van der Waals surface area contributed by atoms with Crippen molar-refractivity contribution in [3.05, 3.63) is 29.6 Å². The van der Waals surface area contributed by atoms with Crippen LogP contribution in [0.15, 0.2) is 18.2 Å². The van der Waals surface area contributed by atoms with Crippen LogP contribution in [-0.2, 0) is 16.1 Å². The minimum Gasteiger partial charge on any atom is -0.326 e. The van der Waals surface area contributed by atoms with Crippen molar-refractivity contribution in [2.75, 3.05) is 4.90 Å². The molecule has 3 rings (SSSR count). The zero-order chi connectivity index (χ0) is 13.6. The molecule has 0 bridgehead atoms. The maximum atomic E-state index is 13.2. The molecule has 2 N–H and O–H groups in total. The predicted octanol–water partition coefficient (Wildman–Crippen LogP) is 1.57. The summed E-state index contributed by atoms with van der Waals surface area (Å²) in [5, 5.41) is 0. The van der Waals surface area contributed by atoms with E-state index < -0.39 is 5.82 Å². The Bertz CT molecular complexity index is 536. The van der Waals surface area contributed by atoms with Crippen LogP contribution in [0.2, 0.25) is 0 Å². The first kappa shape index (κ1) is 12.3. The van der Waals surface area contributed by atoms with Gasteiger partial charge >= 0.3 is 0 Å². The largest absolute Gasteiger partial charge is 0.326 e. The van der Waals surface area contributed by atoms with Gasteiger partial charge in [0.1, 0.15) is 5.82 Å². The van der Waals surface area contributed by atoms with Crippen LogP contribution in [0.4, 0.5) is 10.1 Å². The topological polar surface area (TPSA) is 63.4 Å². The van der Waals surface area contributed by atoms with Gasteiger partial charge in [0.2, 0.25) is 11.8 Å². The van der Waals surface area contributed by atoms with Gasteiger partial charge in [-0.2, -0.15) is 0 Å². The molecule has 4 nitrogen and oxygen atoms in total. The predicted molar refractivity (Wildman–Crippen MR) is 67.6 cm³/mol. The van der Waals surface area contributed by atoms with Crippen LogP contribution >= 0.6 is 0 Å². The number of amides is 2. The normalized spacial score (nSPS) is 26.1. The number of imide groups is 1. The molecule has 0 radical (unpaired) electrons. The molecule has 2 atom stereocenters. The van der Waals surface area contributed by atoms with Crippen LogP contribution in [0.3, 0.4) is 0 Å². The number of nitrogens with zero attached hydrogens (tertiary/aromatic N) is 1. The molecular weight excluding hydrogens is 247 g/mol. The third-order valence-corrected chi connectivity index (χ3v) is 4.09. The molecule has 1 saturated carbocycles. The number of carbonyl (C=O) groups excluding carboxylic acids is 2. The number of benzene rings is 1. The molecule has 2 unspecified atom stereocenters. The second kappa shape index (κ2) is 4.42. The van der Waals surface area contributed by atoms with Gasteiger partial charge in [0.15, 0.2) is 0 Å². The summed E-state index contributed by atoms with van der Waals surface area (Å²) in [6.07, 6.45) is 2.46. The summed E-state index contributed by atoms with van der Waals surface area (Å²) in [6, 6.07) is 4.00. The van der Waals surface area contributed by atoms with Gasteiger partial charge in [-0.15, -0.1) is 0 Å². The zero-order valence-corrected chi connectivity index (χ0v) is 10.4. The van der Waals surface area contributed by atoms with Crippen molar-refractivity contribution < 1.29 is 14.0 Å². The summed E-state index contributed by atoms with van der Waals surface area (Å²) in [5.74, 6) is -1.11. The van der Waals surface area contributed by atoms with Crippen molar-refractivity contribution in [1.29, 1.82) is 0 Å². The standard InChI is InChI=1S/C14H15FN2O2/c15-9-4-5-12(8(6-9)7-16)17-13(18)10-2-1-3-11(10)14(17)19/h4-6,10-11H,1-3,7,16H2. The summed E-state index contributed by atoms with van der Waals surface area (Å²) in [6.45, 7) is 0.0967. The van der Waals surface area contributed by atoms with Crippen molar-refractivity contribution >= 4 is 17.5 Å². The van der Waals surface area contributed by atoms with Crippen LogP contribution in [-0.4, -0.2) is 11.8 Å². The summed E-state index contributed by atoms with van der Waals surface area (Å²) in [5.41, 5.74) is 6.50.